The van der Waals surface area contributed by atoms with Crippen molar-refractivity contribution >= 4 is 40.1 Å². The summed E-state index contributed by atoms with van der Waals surface area (Å²) in [4.78, 5) is 29.0. The van der Waals surface area contributed by atoms with Crippen LogP contribution in [-0.2, 0) is 16.1 Å². The van der Waals surface area contributed by atoms with Crippen molar-refractivity contribution in [2.24, 2.45) is 0 Å². The Morgan fingerprint density at radius 1 is 0.971 bits per heavy atom. The molecule has 0 aliphatic rings. The van der Waals surface area contributed by atoms with Crippen molar-refractivity contribution in [1.29, 1.82) is 0 Å². The molecule has 35 heavy (non-hydrogen) atoms. The van der Waals surface area contributed by atoms with E-state index in [1.54, 1.807) is 55.6 Å². The predicted molar refractivity (Wildman–Crippen MR) is 134 cm³/mol. The molecule has 1 N–H and O–H groups in total. The number of rotatable bonds is 8. The zero-order valence-electron chi connectivity index (χ0n) is 19.2. The second kappa shape index (κ2) is 10.9. The van der Waals surface area contributed by atoms with Crippen LogP contribution < -0.4 is 14.8 Å². The van der Waals surface area contributed by atoms with E-state index in [-0.39, 0.29) is 19.1 Å². The van der Waals surface area contributed by atoms with Gasteiger partial charge in [0.2, 0.25) is 0 Å². The fourth-order valence-electron chi connectivity index (χ4n) is 3.36. The number of nitrogens with one attached hydrogen (secondary N) is 1. The molecule has 1 aromatic heterocycles. The number of aryl methyl sites for hydroxylation is 1. The smallest absolute Gasteiger partial charge is 0.338 e. The fraction of sp³-hybridized carbons (Fsp3) is 0.148. The van der Waals surface area contributed by atoms with Gasteiger partial charge in [0.1, 0.15) is 23.3 Å². The molecule has 0 radical (unpaired) electrons. The molecule has 0 saturated heterocycles. The number of anilines is 1. The van der Waals surface area contributed by atoms with Gasteiger partial charge in [0.25, 0.3) is 5.91 Å². The average Bonchev–Trinajstić information content (AvgIpc) is 2.86. The number of fused-ring (bicyclic) bond motifs is 1. The number of amides is 1. The SMILES string of the molecule is COc1cccc(NC(=O)COc2ccc(C(=O)OCc3cc4ccc(C)cc4nc3Cl)cc2)c1. The van der Waals surface area contributed by atoms with Crippen LogP contribution in [0, 0.1) is 6.92 Å². The van der Waals surface area contributed by atoms with Gasteiger partial charge in [-0.15, -0.1) is 0 Å². The van der Waals surface area contributed by atoms with Gasteiger partial charge in [-0.3, -0.25) is 4.79 Å². The van der Waals surface area contributed by atoms with E-state index in [0.29, 0.717) is 33.5 Å². The molecule has 0 atom stereocenters. The molecule has 4 rings (SSSR count). The summed E-state index contributed by atoms with van der Waals surface area (Å²) in [5, 5.41) is 3.95. The van der Waals surface area contributed by atoms with Gasteiger partial charge in [-0.2, -0.15) is 0 Å². The third kappa shape index (κ3) is 6.28. The monoisotopic (exact) mass is 490 g/mol. The number of methoxy groups -OCH3 is 1. The summed E-state index contributed by atoms with van der Waals surface area (Å²) in [6, 6.07) is 21.1. The van der Waals surface area contributed by atoms with Crippen molar-refractivity contribution in [1.82, 2.24) is 4.98 Å². The first-order valence-corrected chi connectivity index (χ1v) is 11.2. The van der Waals surface area contributed by atoms with Gasteiger partial charge in [0.05, 0.1) is 18.2 Å². The highest BCUT2D eigenvalue weighted by Gasteiger charge is 2.12. The Hall–Kier alpha value is -4.10. The molecule has 0 aliphatic heterocycles. The number of pyridine rings is 1. The van der Waals surface area contributed by atoms with Gasteiger partial charge in [-0.1, -0.05) is 29.8 Å². The molecule has 0 saturated carbocycles. The lowest BCUT2D eigenvalue weighted by atomic mass is 10.1. The van der Waals surface area contributed by atoms with E-state index in [9.17, 15) is 9.59 Å². The Bertz CT molecular complexity index is 1370. The van der Waals surface area contributed by atoms with Gasteiger partial charge in [0.15, 0.2) is 6.61 Å². The number of carbonyl (C=O) groups is 2. The molecular weight excluding hydrogens is 468 g/mol. The Labute approximate surface area is 207 Å². The second-order valence-electron chi connectivity index (χ2n) is 7.80. The van der Waals surface area contributed by atoms with Gasteiger partial charge in [-0.05, 0) is 61.0 Å². The Morgan fingerprint density at radius 2 is 1.77 bits per heavy atom. The molecule has 4 aromatic rings. The first-order chi connectivity index (χ1) is 16.9. The molecule has 3 aromatic carbocycles. The number of esters is 1. The van der Waals surface area contributed by atoms with Crippen molar-refractivity contribution in [3.63, 3.8) is 0 Å². The normalized spacial score (nSPS) is 10.6. The van der Waals surface area contributed by atoms with Crippen LogP contribution in [0.2, 0.25) is 5.15 Å². The lowest BCUT2D eigenvalue weighted by Gasteiger charge is -2.10. The van der Waals surface area contributed by atoms with E-state index in [2.05, 4.69) is 10.3 Å². The number of benzene rings is 3. The van der Waals surface area contributed by atoms with E-state index in [1.165, 1.54) is 0 Å². The predicted octanol–water partition coefficient (Wildman–Crippen LogP) is 5.58. The minimum Gasteiger partial charge on any atom is -0.497 e. The van der Waals surface area contributed by atoms with Crippen molar-refractivity contribution in [2.75, 3.05) is 19.0 Å². The third-order valence-corrected chi connectivity index (χ3v) is 5.50. The van der Waals surface area contributed by atoms with Crippen molar-refractivity contribution < 1.29 is 23.8 Å². The quantitative estimate of drug-likeness (QED) is 0.256. The van der Waals surface area contributed by atoms with Crippen LogP contribution in [0.1, 0.15) is 21.5 Å². The molecule has 0 aliphatic carbocycles. The lowest BCUT2D eigenvalue weighted by Crippen LogP contribution is -2.20. The summed E-state index contributed by atoms with van der Waals surface area (Å²) >= 11 is 6.27. The number of halogens is 1. The number of hydrogen-bond acceptors (Lipinski definition) is 6. The van der Waals surface area contributed by atoms with Crippen LogP contribution in [0.25, 0.3) is 10.9 Å². The number of carbonyl (C=O) groups excluding carboxylic acids is 2. The molecule has 8 heteroatoms. The molecule has 0 bridgehead atoms. The van der Waals surface area contributed by atoms with Crippen molar-refractivity contribution in [3.05, 3.63) is 94.6 Å². The zero-order valence-corrected chi connectivity index (χ0v) is 20.0. The second-order valence-corrected chi connectivity index (χ2v) is 8.16. The maximum atomic E-state index is 12.5. The summed E-state index contributed by atoms with van der Waals surface area (Å²) in [6.07, 6.45) is 0. The molecule has 178 valence electrons. The maximum absolute atomic E-state index is 12.5. The molecule has 7 nitrogen and oxygen atoms in total. The van der Waals surface area contributed by atoms with Crippen molar-refractivity contribution in [3.8, 4) is 11.5 Å². The number of hydrogen-bond donors (Lipinski definition) is 1. The first kappa shape index (κ1) is 24.0. The molecule has 0 spiro atoms. The molecular formula is C27H23ClN2O5. The Balaban J connectivity index is 1.30. The Kier molecular flexibility index (Phi) is 7.48. The van der Waals surface area contributed by atoms with Gasteiger partial charge in [-0.25, -0.2) is 9.78 Å². The molecule has 0 unspecified atom stereocenters. The summed E-state index contributed by atoms with van der Waals surface area (Å²) in [7, 11) is 1.56. The van der Waals surface area contributed by atoms with Gasteiger partial charge in [0, 0.05) is 22.7 Å². The van der Waals surface area contributed by atoms with Gasteiger partial charge < -0.3 is 19.5 Å². The van der Waals surface area contributed by atoms with Crippen LogP contribution in [0.5, 0.6) is 11.5 Å². The van der Waals surface area contributed by atoms with Crippen LogP contribution in [-0.4, -0.2) is 30.6 Å². The minimum absolute atomic E-state index is 0.00280. The third-order valence-electron chi connectivity index (χ3n) is 5.17. The topological polar surface area (TPSA) is 86.8 Å². The number of ether oxygens (including phenoxy) is 3. The molecule has 1 heterocycles. The van der Waals surface area contributed by atoms with E-state index in [1.807, 2.05) is 31.2 Å². The van der Waals surface area contributed by atoms with E-state index < -0.39 is 5.97 Å². The summed E-state index contributed by atoms with van der Waals surface area (Å²) in [5.41, 5.74) is 3.45. The highest BCUT2D eigenvalue weighted by atomic mass is 35.5. The first-order valence-electron chi connectivity index (χ1n) is 10.8. The maximum Gasteiger partial charge on any atom is 0.338 e. The van der Waals surface area contributed by atoms with E-state index in [4.69, 9.17) is 25.8 Å². The van der Waals surface area contributed by atoms with E-state index >= 15 is 0 Å². The zero-order chi connectivity index (χ0) is 24.8. The summed E-state index contributed by atoms with van der Waals surface area (Å²) in [6.45, 7) is 1.79. The average molecular weight is 491 g/mol. The summed E-state index contributed by atoms with van der Waals surface area (Å²) in [5.74, 6) is 0.255. The number of nitrogens with zero attached hydrogens (tertiary/aromatic N) is 1. The molecule has 1 amide bonds. The fourth-order valence-corrected chi connectivity index (χ4v) is 3.56. The minimum atomic E-state index is -0.507. The largest absolute Gasteiger partial charge is 0.497 e. The highest BCUT2D eigenvalue weighted by Crippen LogP contribution is 2.23. The highest BCUT2D eigenvalue weighted by molar-refractivity contribution is 6.30. The Morgan fingerprint density at radius 3 is 2.54 bits per heavy atom. The lowest BCUT2D eigenvalue weighted by molar-refractivity contribution is -0.118. The van der Waals surface area contributed by atoms with Crippen LogP contribution in [0.4, 0.5) is 5.69 Å². The van der Waals surface area contributed by atoms with Crippen molar-refractivity contribution in [2.45, 2.75) is 13.5 Å². The summed E-state index contributed by atoms with van der Waals surface area (Å²) < 4.78 is 16.1. The molecule has 0 fully saturated rings. The van der Waals surface area contributed by atoms with Gasteiger partial charge >= 0.3 is 5.97 Å². The van der Waals surface area contributed by atoms with Crippen LogP contribution in [0.3, 0.4) is 0 Å². The van der Waals surface area contributed by atoms with Crippen LogP contribution in [0.15, 0.2) is 72.8 Å². The van der Waals surface area contributed by atoms with E-state index in [0.717, 1.165) is 16.5 Å². The van der Waals surface area contributed by atoms with Crippen LogP contribution >= 0.6 is 11.6 Å². The standard InChI is InChI=1S/C27H23ClN2O5/c1-17-6-7-19-13-20(26(28)30-24(19)12-17)15-35-27(32)18-8-10-22(11-9-18)34-16-25(31)29-21-4-3-5-23(14-21)33-2/h3-14H,15-16H2,1-2H3,(H,29,31). The number of aromatic nitrogens is 1.